The molecule has 1 fully saturated rings. The molecule has 6 heteroatoms. The number of carbonyl (C=O) groups excluding carboxylic acids is 2. The molecule has 0 bridgehead atoms. The second-order valence-electron chi connectivity index (χ2n) is 6.44. The van der Waals surface area contributed by atoms with Crippen molar-refractivity contribution >= 4 is 11.8 Å². The number of piperazine rings is 1. The number of benzene rings is 2. The maximum absolute atomic E-state index is 13.4. The molecule has 0 N–H and O–H groups in total. The molecule has 1 saturated heterocycles. The lowest BCUT2D eigenvalue weighted by Gasteiger charge is -2.38. The number of amides is 2. The summed E-state index contributed by atoms with van der Waals surface area (Å²) in [7, 11) is 0. The molecule has 1 aliphatic heterocycles. The first kappa shape index (κ1) is 18.0. The third kappa shape index (κ3) is 3.90. The van der Waals surface area contributed by atoms with E-state index in [1.165, 1.54) is 11.0 Å². The zero-order chi connectivity index (χ0) is 18.7. The maximum Gasteiger partial charge on any atom is 0.245 e. The van der Waals surface area contributed by atoms with Crippen LogP contribution in [0.1, 0.15) is 18.1 Å². The third-order valence-corrected chi connectivity index (χ3v) is 4.63. The zero-order valence-electron chi connectivity index (χ0n) is 14.5. The van der Waals surface area contributed by atoms with E-state index in [-0.39, 0.29) is 24.9 Å². The Morgan fingerprint density at radius 3 is 2.42 bits per heavy atom. The lowest BCUT2D eigenvalue weighted by molar-refractivity contribution is -0.155. The van der Waals surface area contributed by atoms with Gasteiger partial charge in [-0.2, -0.15) is 0 Å². The van der Waals surface area contributed by atoms with Crippen molar-refractivity contribution in [3.63, 3.8) is 0 Å². The highest BCUT2D eigenvalue weighted by molar-refractivity contribution is 5.94. The van der Waals surface area contributed by atoms with Gasteiger partial charge < -0.3 is 9.80 Å². The van der Waals surface area contributed by atoms with Crippen molar-refractivity contribution in [3.05, 3.63) is 71.3 Å². The van der Waals surface area contributed by atoms with Gasteiger partial charge in [0.15, 0.2) is 11.6 Å². The van der Waals surface area contributed by atoms with Gasteiger partial charge in [-0.1, -0.05) is 36.4 Å². The van der Waals surface area contributed by atoms with Crippen LogP contribution in [0.5, 0.6) is 0 Å². The summed E-state index contributed by atoms with van der Waals surface area (Å²) in [5, 5.41) is 0. The molecular formula is C20H20F2N2O2. The van der Waals surface area contributed by atoms with Crippen LogP contribution in [-0.4, -0.2) is 40.7 Å². The molecule has 2 amide bonds. The van der Waals surface area contributed by atoms with Gasteiger partial charge in [-0.05, 0) is 36.6 Å². The number of rotatable bonds is 5. The first-order valence-electron chi connectivity index (χ1n) is 8.52. The molecule has 3 rings (SSSR count). The SMILES string of the molecule is C[C@@H]1C(=O)N(CCc2ccccc2)CC(=O)N1Cc1ccc(F)c(F)c1. The largest absolute Gasteiger partial charge is 0.331 e. The molecule has 2 aromatic carbocycles. The fourth-order valence-electron chi connectivity index (χ4n) is 3.10. The van der Waals surface area contributed by atoms with Crippen LogP contribution in [0, 0.1) is 11.6 Å². The second kappa shape index (κ2) is 7.64. The van der Waals surface area contributed by atoms with Gasteiger partial charge in [0.2, 0.25) is 11.8 Å². The van der Waals surface area contributed by atoms with Crippen molar-refractivity contribution < 1.29 is 18.4 Å². The van der Waals surface area contributed by atoms with Crippen LogP contribution >= 0.6 is 0 Å². The summed E-state index contributed by atoms with van der Waals surface area (Å²) in [5.41, 5.74) is 1.55. The Kier molecular flexibility index (Phi) is 5.30. The molecule has 4 nitrogen and oxygen atoms in total. The predicted octanol–water partition coefficient (Wildman–Crippen LogP) is 2.77. The van der Waals surface area contributed by atoms with Gasteiger partial charge in [-0.15, -0.1) is 0 Å². The minimum Gasteiger partial charge on any atom is -0.331 e. The minimum absolute atomic E-state index is 0.000314. The Hall–Kier alpha value is -2.76. The Morgan fingerprint density at radius 1 is 1.00 bits per heavy atom. The third-order valence-electron chi connectivity index (χ3n) is 4.63. The average molecular weight is 358 g/mol. The molecule has 26 heavy (non-hydrogen) atoms. The molecule has 136 valence electrons. The lowest BCUT2D eigenvalue weighted by atomic mass is 10.1. The van der Waals surface area contributed by atoms with Crippen LogP contribution in [0.4, 0.5) is 8.78 Å². The van der Waals surface area contributed by atoms with E-state index in [0.29, 0.717) is 18.5 Å². The number of nitrogens with zero attached hydrogens (tertiary/aromatic N) is 2. The Bertz CT molecular complexity index is 811. The molecule has 0 spiro atoms. The van der Waals surface area contributed by atoms with Crippen LogP contribution < -0.4 is 0 Å². The van der Waals surface area contributed by atoms with E-state index in [0.717, 1.165) is 17.7 Å². The highest BCUT2D eigenvalue weighted by atomic mass is 19.2. The zero-order valence-corrected chi connectivity index (χ0v) is 14.5. The summed E-state index contributed by atoms with van der Waals surface area (Å²) < 4.78 is 26.4. The molecule has 0 saturated carbocycles. The Morgan fingerprint density at radius 2 is 1.73 bits per heavy atom. The highest BCUT2D eigenvalue weighted by Gasteiger charge is 2.36. The van der Waals surface area contributed by atoms with Gasteiger partial charge in [0.25, 0.3) is 0 Å². The van der Waals surface area contributed by atoms with E-state index in [9.17, 15) is 18.4 Å². The van der Waals surface area contributed by atoms with Crippen molar-refractivity contribution in [3.8, 4) is 0 Å². The quantitative estimate of drug-likeness (QED) is 0.825. The normalized spacial score (nSPS) is 17.7. The lowest BCUT2D eigenvalue weighted by Crippen LogP contribution is -2.58. The van der Waals surface area contributed by atoms with Crippen LogP contribution in [0.3, 0.4) is 0 Å². The molecule has 1 aliphatic rings. The first-order valence-corrected chi connectivity index (χ1v) is 8.52. The van der Waals surface area contributed by atoms with E-state index >= 15 is 0 Å². The van der Waals surface area contributed by atoms with Crippen molar-refractivity contribution in [1.29, 1.82) is 0 Å². The molecule has 0 radical (unpaired) electrons. The maximum atomic E-state index is 13.4. The highest BCUT2D eigenvalue weighted by Crippen LogP contribution is 2.18. The number of hydrogen-bond acceptors (Lipinski definition) is 2. The Labute approximate surface area is 151 Å². The van der Waals surface area contributed by atoms with Crippen LogP contribution in [0.25, 0.3) is 0 Å². The monoisotopic (exact) mass is 358 g/mol. The van der Waals surface area contributed by atoms with Crippen molar-refractivity contribution in [1.82, 2.24) is 9.80 Å². The van der Waals surface area contributed by atoms with Gasteiger partial charge in [0.05, 0.1) is 6.54 Å². The standard InChI is InChI=1S/C20H20F2N2O2/c1-14-20(26)23(10-9-15-5-3-2-4-6-15)13-19(25)24(14)12-16-7-8-17(21)18(22)11-16/h2-8,11,14H,9-10,12-13H2,1H3/t14-/m1/s1. The summed E-state index contributed by atoms with van der Waals surface area (Å²) in [4.78, 5) is 28.1. The predicted molar refractivity (Wildman–Crippen MR) is 93.1 cm³/mol. The minimum atomic E-state index is -0.963. The fourth-order valence-corrected chi connectivity index (χ4v) is 3.10. The molecule has 0 aliphatic carbocycles. The molecule has 0 unspecified atom stereocenters. The fraction of sp³-hybridized carbons (Fsp3) is 0.300. The summed E-state index contributed by atoms with van der Waals surface area (Å²) in [6.07, 6.45) is 0.676. The molecule has 2 aromatic rings. The van der Waals surface area contributed by atoms with E-state index in [1.807, 2.05) is 30.3 Å². The summed E-state index contributed by atoms with van der Waals surface area (Å²) >= 11 is 0. The van der Waals surface area contributed by atoms with Gasteiger partial charge in [-0.25, -0.2) is 8.78 Å². The Balaban J connectivity index is 1.65. The van der Waals surface area contributed by atoms with E-state index in [1.54, 1.807) is 11.8 Å². The number of hydrogen-bond donors (Lipinski definition) is 0. The second-order valence-corrected chi connectivity index (χ2v) is 6.44. The van der Waals surface area contributed by atoms with Gasteiger partial charge in [0, 0.05) is 13.1 Å². The molecule has 0 aromatic heterocycles. The smallest absolute Gasteiger partial charge is 0.245 e. The van der Waals surface area contributed by atoms with Crippen LogP contribution in [0.2, 0.25) is 0 Å². The van der Waals surface area contributed by atoms with E-state index in [2.05, 4.69) is 0 Å². The first-order chi connectivity index (χ1) is 12.5. The molecule has 1 heterocycles. The van der Waals surface area contributed by atoms with Gasteiger partial charge >= 0.3 is 0 Å². The van der Waals surface area contributed by atoms with Crippen LogP contribution in [-0.2, 0) is 22.6 Å². The number of carbonyl (C=O) groups is 2. The van der Waals surface area contributed by atoms with Crippen molar-refractivity contribution in [2.75, 3.05) is 13.1 Å². The average Bonchev–Trinajstić information content (AvgIpc) is 2.64. The van der Waals surface area contributed by atoms with Crippen molar-refractivity contribution in [2.45, 2.75) is 25.9 Å². The number of halogens is 2. The molecule has 1 atom stereocenters. The van der Waals surface area contributed by atoms with Gasteiger partial charge in [-0.3, -0.25) is 9.59 Å². The summed E-state index contributed by atoms with van der Waals surface area (Å²) in [6.45, 7) is 2.21. The van der Waals surface area contributed by atoms with Gasteiger partial charge in [0.1, 0.15) is 6.04 Å². The molecular weight excluding hydrogens is 338 g/mol. The summed E-state index contributed by atoms with van der Waals surface area (Å²) in [6, 6.07) is 12.6. The van der Waals surface area contributed by atoms with Crippen molar-refractivity contribution in [2.24, 2.45) is 0 Å². The van der Waals surface area contributed by atoms with E-state index in [4.69, 9.17) is 0 Å². The topological polar surface area (TPSA) is 40.6 Å². The van der Waals surface area contributed by atoms with E-state index < -0.39 is 17.7 Å². The summed E-state index contributed by atoms with van der Waals surface area (Å²) in [5.74, 6) is -2.23. The van der Waals surface area contributed by atoms with Crippen LogP contribution in [0.15, 0.2) is 48.5 Å².